The largest absolute Gasteiger partial charge is 0.391 e. The topological polar surface area (TPSA) is 95.8 Å². The number of β-amino-alcohol motifs (C(OH)–C–C–N with tert-alkyl or cyclic N) is 1. The zero-order valence-electron chi connectivity index (χ0n) is 17.0. The van der Waals surface area contributed by atoms with Crippen LogP contribution < -0.4 is 4.90 Å². The minimum absolute atomic E-state index is 0.304. The van der Waals surface area contributed by atoms with Crippen molar-refractivity contribution in [2.75, 3.05) is 18.0 Å². The van der Waals surface area contributed by atoms with E-state index in [2.05, 4.69) is 32.1 Å². The lowest BCUT2D eigenvalue weighted by atomic mass is 10.1. The highest BCUT2D eigenvalue weighted by Crippen LogP contribution is 2.29. The van der Waals surface area contributed by atoms with Crippen LogP contribution in [-0.2, 0) is 6.54 Å². The maximum atomic E-state index is 10.2. The molecule has 1 saturated heterocycles. The van der Waals surface area contributed by atoms with E-state index in [1.165, 1.54) is 0 Å². The normalized spacial score (nSPS) is 17.4. The number of aliphatic hydroxyl groups is 1. The molecule has 4 aromatic heterocycles. The van der Waals surface area contributed by atoms with Crippen LogP contribution in [0, 0.1) is 0 Å². The van der Waals surface area contributed by atoms with Gasteiger partial charge in [0.05, 0.1) is 35.4 Å². The number of aryl methyl sites for hydroxylation is 1. The van der Waals surface area contributed by atoms with Gasteiger partial charge >= 0.3 is 0 Å². The lowest BCUT2D eigenvalue weighted by Crippen LogP contribution is -2.31. The number of nitrogens with one attached hydrogen (secondary N) is 1. The van der Waals surface area contributed by atoms with E-state index < -0.39 is 0 Å². The van der Waals surface area contributed by atoms with Crippen LogP contribution in [0.4, 0.5) is 5.82 Å². The Morgan fingerprint density at radius 1 is 1.20 bits per heavy atom. The number of fused-ring (bicyclic) bond motifs is 1. The summed E-state index contributed by atoms with van der Waals surface area (Å²) in [5.41, 5.74) is 4.31. The van der Waals surface area contributed by atoms with Crippen molar-refractivity contribution in [2.24, 2.45) is 0 Å². The zero-order chi connectivity index (χ0) is 20.5. The Morgan fingerprint density at radius 3 is 3.00 bits per heavy atom. The number of H-pyrrole nitrogens is 1. The van der Waals surface area contributed by atoms with Gasteiger partial charge in [-0.3, -0.25) is 14.8 Å². The zero-order valence-corrected chi connectivity index (χ0v) is 17.0. The third-order valence-corrected chi connectivity index (χ3v) is 5.65. The van der Waals surface area contributed by atoms with Crippen LogP contribution in [-0.4, -0.2) is 54.2 Å². The van der Waals surface area contributed by atoms with E-state index in [0.29, 0.717) is 6.54 Å². The van der Waals surface area contributed by atoms with Crippen molar-refractivity contribution < 1.29 is 5.11 Å². The van der Waals surface area contributed by atoms with E-state index in [-0.39, 0.29) is 6.10 Å². The Labute approximate surface area is 174 Å². The van der Waals surface area contributed by atoms with Crippen LogP contribution in [0.15, 0.2) is 42.9 Å². The number of hydrogen-bond acceptors (Lipinski definition) is 6. The molecule has 0 amide bonds. The highest BCUT2D eigenvalue weighted by atomic mass is 16.3. The van der Waals surface area contributed by atoms with Gasteiger partial charge in [-0.15, -0.1) is 0 Å². The third kappa shape index (κ3) is 3.54. The predicted molar refractivity (Wildman–Crippen MR) is 116 cm³/mol. The summed E-state index contributed by atoms with van der Waals surface area (Å²) in [6, 6.07) is 8.02. The minimum Gasteiger partial charge on any atom is -0.391 e. The summed E-state index contributed by atoms with van der Waals surface area (Å²) in [6.45, 7) is 4.40. The van der Waals surface area contributed by atoms with Gasteiger partial charge < -0.3 is 10.0 Å². The van der Waals surface area contributed by atoms with Crippen LogP contribution in [0.2, 0.25) is 0 Å². The second-order valence-electron chi connectivity index (χ2n) is 7.75. The number of aromatic amines is 1. The highest BCUT2D eigenvalue weighted by Gasteiger charge is 2.19. The molecule has 0 saturated carbocycles. The van der Waals surface area contributed by atoms with Crippen molar-refractivity contribution in [3.63, 3.8) is 0 Å². The smallest absolute Gasteiger partial charge is 0.129 e. The average molecular weight is 403 g/mol. The fourth-order valence-corrected chi connectivity index (χ4v) is 4.00. The predicted octanol–water partition coefficient (Wildman–Crippen LogP) is 3.25. The lowest BCUT2D eigenvalue weighted by Gasteiger charge is -2.23. The second-order valence-corrected chi connectivity index (χ2v) is 7.75. The summed E-state index contributed by atoms with van der Waals surface area (Å²) in [7, 11) is 0. The van der Waals surface area contributed by atoms with E-state index >= 15 is 0 Å². The number of nitrogens with zero attached hydrogens (tertiary/aromatic N) is 6. The molecular weight excluding hydrogens is 378 g/mol. The van der Waals surface area contributed by atoms with Crippen LogP contribution in [0.1, 0.15) is 26.2 Å². The Morgan fingerprint density at radius 2 is 2.13 bits per heavy atom. The summed E-state index contributed by atoms with van der Waals surface area (Å²) in [5.74, 6) is 0.878. The monoisotopic (exact) mass is 403 g/mol. The maximum Gasteiger partial charge on any atom is 0.129 e. The first-order chi connectivity index (χ1) is 14.7. The molecule has 0 aromatic carbocycles. The van der Waals surface area contributed by atoms with Gasteiger partial charge in [-0.1, -0.05) is 6.07 Å². The van der Waals surface area contributed by atoms with E-state index in [0.717, 1.165) is 71.7 Å². The van der Waals surface area contributed by atoms with E-state index in [9.17, 15) is 5.11 Å². The molecular formula is C22H25N7O. The molecule has 0 aliphatic carbocycles. The van der Waals surface area contributed by atoms with Crippen LogP contribution in [0.5, 0.6) is 0 Å². The SMILES string of the molecule is CCn1cc(-c2cc3c(-c4cccc(N5CCCC[C@@H](O)C5)n4)n[nH]c3cn2)cn1. The van der Waals surface area contributed by atoms with Crippen LogP contribution in [0.3, 0.4) is 0 Å². The molecule has 0 radical (unpaired) electrons. The van der Waals surface area contributed by atoms with Gasteiger partial charge in [0.25, 0.3) is 0 Å². The minimum atomic E-state index is -0.304. The number of pyridine rings is 2. The Bertz CT molecular complexity index is 1170. The van der Waals surface area contributed by atoms with Crippen molar-refractivity contribution in [3.8, 4) is 22.6 Å². The number of aliphatic hydroxyl groups excluding tert-OH is 1. The molecule has 1 aliphatic heterocycles. The fraction of sp³-hybridized carbons (Fsp3) is 0.364. The molecule has 1 atom stereocenters. The van der Waals surface area contributed by atoms with Gasteiger partial charge in [0.1, 0.15) is 11.5 Å². The van der Waals surface area contributed by atoms with Gasteiger partial charge in [0, 0.05) is 36.8 Å². The first kappa shape index (κ1) is 18.7. The van der Waals surface area contributed by atoms with Crippen molar-refractivity contribution in [2.45, 2.75) is 38.8 Å². The maximum absolute atomic E-state index is 10.2. The van der Waals surface area contributed by atoms with Gasteiger partial charge in [0.2, 0.25) is 0 Å². The molecule has 1 aliphatic rings. The molecule has 154 valence electrons. The Balaban J connectivity index is 1.52. The van der Waals surface area contributed by atoms with Crippen LogP contribution >= 0.6 is 0 Å². The Hall–Kier alpha value is -3.26. The number of anilines is 1. The van der Waals surface area contributed by atoms with E-state index in [4.69, 9.17) is 4.98 Å². The van der Waals surface area contributed by atoms with Crippen molar-refractivity contribution in [1.29, 1.82) is 0 Å². The quantitative estimate of drug-likeness (QED) is 0.543. The van der Waals surface area contributed by atoms with Gasteiger partial charge in [0.15, 0.2) is 0 Å². The molecule has 4 aromatic rings. The number of hydrogen-bond donors (Lipinski definition) is 2. The first-order valence-corrected chi connectivity index (χ1v) is 10.5. The summed E-state index contributed by atoms with van der Waals surface area (Å²) in [6.07, 6.45) is 8.30. The summed E-state index contributed by atoms with van der Waals surface area (Å²) >= 11 is 0. The molecule has 2 N–H and O–H groups in total. The van der Waals surface area contributed by atoms with Gasteiger partial charge in [-0.05, 0) is 44.4 Å². The van der Waals surface area contributed by atoms with Crippen molar-refractivity contribution in [1.82, 2.24) is 29.9 Å². The molecule has 30 heavy (non-hydrogen) atoms. The first-order valence-electron chi connectivity index (χ1n) is 10.5. The average Bonchev–Trinajstić information content (AvgIpc) is 3.37. The molecule has 1 fully saturated rings. The lowest BCUT2D eigenvalue weighted by molar-refractivity contribution is 0.174. The summed E-state index contributed by atoms with van der Waals surface area (Å²) in [4.78, 5) is 11.6. The number of aromatic nitrogens is 6. The fourth-order valence-electron chi connectivity index (χ4n) is 4.00. The molecule has 5 rings (SSSR count). The number of rotatable bonds is 4. The molecule has 5 heterocycles. The molecule has 8 heteroatoms. The molecule has 0 spiro atoms. The summed E-state index contributed by atoms with van der Waals surface area (Å²) in [5, 5.41) is 23.1. The van der Waals surface area contributed by atoms with Crippen molar-refractivity contribution in [3.05, 3.63) is 42.9 Å². The second kappa shape index (κ2) is 7.87. The van der Waals surface area contributed by atoms with E-state index in [1.54, 1.807) is 6.20 Å². The van der Waals surface area contributed by atoms with Crippen molar-refractivity contribution >= 4 is 16.7 Å². The molecule has 0 unspecified atom stereocenters. The Kier molecular flexibility index (Phi) is 4.92. The molecule has 0 bridgehead atoms. The van der Waals surface area contributed by atoms with E-state index in [1.807, 2.05) is 41.3 Å². The standard InChI is InChI=1S/C22H25N7O/c1-2-29-13-15(11-24-29)19-10-17-20(12-23-19)26-27-22(17)18-7-5-8-21(25-18)28-9-4-3-6-16(30)14-28/h5,7-8,10-13,16,30H,2-4,6,9,14H2,1H3,(H,26,27)/t16-/m1/s1. The van der Waals surface area contributed by atoms with Gasteiger partial charge in [-0.2, -0.15) is 10.2 Å². The van der Waals surface area contributed by atoms with Gasteiger partial charge in [-0.25, -0.2) is 4.98 Å². The van der Waals surface area contributed by atoms with Crippen LogP contribution in [0.25, 0.3) is 33.5 Å². The third-order valence-electron chi connectivity index (χ3n) is 5.65. The summed E-state index contributed by atoms with van der Waals surface area (Å²) < 4.78 is 1.89. The molecule has 8 nitrogen and oxygen atoms in total. The highest BCUT2D eigenvalue weighted by molar-refractivity contribution is 5.93.